The molecule has 0 spiro atoms. The first-order valence-electron chi connectivity index (χ1n) is 8.13. The summed E-state index contributed by atoms with van der Waals surface area (Å²) >= 11 is 1.39. The molecule has 1 atom stereocenters. The lowest BCUT2D eigenvalue weighted by atomic mass is 10.1. The summed E-state index contributed by atoms with van der Waals surface area (Å²) in [4.78, 5) is 12.1. The van der Waals surface area contributed by atoms with E-state index >= 15 is 0 Å². The lowest BCUT2D eigenvalue weighted by molar-refractivity contribution is -0.119. The quantitative estimate of drug-likeness (QED) is 0.852. The molecule has 1 aliphatic heterocycles. The van der Waals surface area contributed by atoms with E-state index in [4.69, 9.17) is 9.47 Å². The van der Waals surface area contributed by atoms with Gasteiger partial charge in [-0.15, -0.1) is 11.8 Å². The molecular weight excluding hydrogens is 341 g/mol. The lowest BCUT2D eigenvalue weighted by Gasteiger charge is -2.21. The van der Waals surface area contributed by atoms with Crippen LogP contribution in [-0.2, 0) is 10.5 Å². The molecule has 0 bridgehead atoms. The molecule has 1 amide bonds. The Hall–Kier alpha value is -2.21. The van der Waals surface area contributed by atoms with Crippen LogP contribution in [0.3, 0.4) is 0 Å². The fourth-order valence-electron chi connectivity index (χ4n) is 2.56. The molecule has 0 radical (unpaired) electrons. The standard InChI is InChI=1S/C19H20FNO3S/c1-13(14-6-7-17-18(10-14)24-9-8-23-17)21-19(22)12-25-11-15-4-2-3-5-16(15)20/h2-7,10,13H,8-9,11-12H2,1H3,(H,21,22)/t13-/m0/s1. The maximum absolute atomic E-state index is 13.5. The number of hydrogen-bond acceptors (Lipinski definition) is 4. The third-order valence-electron chi connectivity index (χ3n) is 3.89. The van der Waals surface area contributed by atoms with Crippen molar-refractivity contribution in [3.05, 3.63) is 59.4 Å². The number of halogens is 1. The van der Waals surface area contributed by atoms with Crippen molar-refractivity contribution in [1.29, 1.82) is 0 Å². The van der Waals surface area contributed by atoms with Gasteiger partial charge in [-0.2, -0.15) is 0 Å². The second-order valence-electron chi connectivity index (χ2n) is 5.78. The van der Waals surface area contributed by atoms with Crippen LogP contribution in [0.15, 0.2) is 42.5 Å². The van der Waals surface area contributed by atoms with Crippen LogP contribution in [0.5, 0.6) is 11.5 Å². The average molecular weight is 361 g/mol. The van der Waals surface area contributed by atoms with Crippen LogP contribution in [-0.4, -0.2) is 24.9 Å². The number of ether oxygens (including phenoxy) is 2. The zero-order valence-corrected chi connectivity index (χ0v) is 14.8. The van der Waals surface area contributed by atoms with Gasteiger partial charge in [-0.3, -0.25) is 4.79 Å². The van der Waals surface area contributed by atoms with E-state index in [2.05, 4.69) is 5.32 Å². The zero-order chi connectivity index (χ0) is 17.6. The summed E-state index contributed by atoms with van der Waals surface area (Å²) in [5.74, 6) is 1.87. The molecule has 4 nitrogen and oxygen atoms in total. The summed E-state index contributed by atoms with van der Waals surface area (Å²) in [5, 5.41) is 2.95. The molecule has 2 aromatic rings. The smallest absolute Gasteiger partial charge is 0.230 e. The predicted octanol–water partition coefficient (Wildman–Crippen LogP) is 3.71. The van der Waals surface area contributed by atoms with Gasteiger partial charge < -0.3 is 14.8 Å². The van der Waals surface area contributed by atoms with Gasteiger partial charge in [-0.1, -0.05) is 24.3 Å². The van der Waals surface area contributed by atoms with Crippen molar-refractivity contribution in [2.75, 3.05) is 19.0 Å². The number of hydrogen-bond donors (Lipinski definition) is 1. The third-order valence-corrected chi connectivity index (χ3v) is 4.87. The lowest BCUT2D eigenvalue weighted by Crippen LogP contribution is -2.28. The molecule has 0 unspecified atom stereocenters. The molecule has 0 saturated heterocycles. The Morgan fingerprint density at radius 1 is 1.20 bits per heavy atom. The second-order valence-corrected chi connectivity index (χ2v) is 6.76. The maximum Gasteiger partial charge on any atom is 0.230 e. The van der Waals surface area contributed by atoms with Crippen molar-refractivity contribution < 1.29 is 18.7 Å². The van der Waals surface area contributed by atoms with E-state index < -0.39 is 0 Å². The molecule has 3 rings (SSSR count). The molecule has 0 saturated carbocycles. The van der Waals surface area contributed by atoms with Crippen LogP contribution in [0.1, 0.15) is 24.1 Å². The summed E-state index contributed by atoms with van der Waals surface area (Å²) in [6, 6.07) is 12.2. The Bertz CT molecular complexity index is 753. The molecule has 0 fully saturated rings. The number of benzene rings is 2. The van der Waals surface area contributed by atoms with Crippen molar-refractivity contribution in [2.24, 2.45) is 0 Å². The Kier molecular flexibility index (Phi) is 5.81. The van der Waals surface area contributed by atoms with Gasteiger partial charge >= 0.3 is 0 Å². The summed E-state index contributed by atoms with van der Waals surface area (Å²) < 4.78 is 24.6. The number of nitrogens with one attached hydrogen (secondary N) is 1. The molecule has 1 N–H and O–H groups in total. The van der Waals surface area contributed by atoms with E-state index in [0.29, 0.717) is 30.3 Å². The monoisotopic (exact) mass is 361 g/mol. The van der Waals surface area contributed by atoms with Crippen LogP contribution in [0.4, 0.5) is 4.39 Å². The normalized spacial score (nSPS) is 14.0. The van der Waals surface area contributed by atoms with Gasteiger partial charge in [0.15, 0.2) is 11.5 Å². The number of rotatable bonds is 6. The molecule has 1 aliphatic rings. The fourth-order valence-corrected chi connectivity index (χ4v) is 3.39. The van der Waals surface area contributed by atoms with Gasteiger partial charge in [0.25, 0.3) is 0 Å². The number of fused-ring (bicyclic) bond motifs is 1. The Labute approximate surface area is 150 Å². The van der Waals surface area contributed by atoms with E-state index in [9.17, 15) is 9.18 Å². The largest absolute Gasteiger partial charge is 0.486 e. The highest BCUT2D eigenvalue weighted by atomic mass is 32.2. The van der Waals surface area contributed by atoms with Gasteiger partial charge in [-0.05, 0) is 36.2 Å². The maximum atomic E-state index is 13.5. The average Bonchev–Trinajstić information content (AvgIpc) is 2.63. The van der Waals surface area contributed by atoms with E-state index in [-0.39, 0.29) is 23.5 Å². The van der Waals surface area contributed by atoms with Crippen LogP contribution in [0, 0.1) is 5.82 Å². The first-order valence-corrected chi connectivity index (χ1v) is 9.29. The van der Waals surface area contributed by atoms with Crippen LogP contribution < -0.4 is 14.8 Å². The van der Waals surface area contributed by atoms with Crippen LogP contribution in [0.2, 0.25) is 0 Å². The molecule has 25 heavy (non-hydrogen) atoms. The van der Waals surface area contributed by atoms with Crippen molar-refractivity contribution in [3.8, 4) is 11.5 Å². The molecule has 0 aliphatic carbocycles. The zero-order valence-electron chi connectivity index (χ0n) is 14.0. The highest BCUT2D eigenvalue weighted by Gasteiger charge is 2.16. The van der Waals surface area contributed by atoms with Crippen molar-refractivity contribution >= 4 is 17.7 Å². The molecule has 0 aromatic heterocycles. The van der Waals surface area contributed by atoms with E-state index in [1.54, 1.807) is 18.2 Å². The number of amides is 1. The van der Waals surface area contributed by atoms with Crippen molar-refractivity contribution in [1.82, 2.24) is 5.32 Å². The minimum absolute atomic E-state index is 0.0799. The predicted molar refractivity (Wildman–Crippen MR) is 96.6 cm³/mol. The van der Waals surface area contributed by atoms with E-state index in [1.807, 2.05) is 25.1 Å². The summed E-state index contributed by atoms with van der Waals surface area (Å²) in [5.41, 5.74) is 1.57. The highest BCUT2D eigenvalue weighted by Crippen LogP contribution is 2.32. The van der Waals surface area contributed by atoms with E-state index in [1.165, 1.54) is 17.8 Å². The Balaban J connectivity index is 1.50. The summed E-state index contributed by atoms with van der Waals surface area (Å²) in [7, 11) is 0. The van der Waals surface area contributed by atoms with Gasteiger partial charge in [-0.25, -0.2) is 4.39 Å². The van der Waals surface area contributed by atoms with Crippen molar-refractivity contribution in [3.63, 3.8) is 0 Å². The van der Waals surface area contributed by atoms with Gasteiger partial charge in [0, 0.05) is 5.75 Å². The summed E-state index contributed by atoms with van der Waals surface area (Å²) in [6.07, 6.45) is 0. The number of thioether (sulfide) groups is 1. The minimum Gasteiger partial charge on any atom is -0.486 e. The third kappa shape index (κ3) is 4.66. The molecule has 1 heterocycles. The van der Waals surface area contributed by atoms with Gasteiger partial charge in [0.2, 0.25) is 5.91 Å². The molecule has 132 valence electrons. The van der Waals surface area contributed by atoms with Crippen molar-refractivity contribution in [2.45, 2.75) is 18.7 Å². The second kappa shape index (κ2) is 8.25. The molecule has 6 heteroatoms. The Morgan fingerprint density at radius 2 is 1.96 bits per heavy atom. The van der Waals surface area contributed by atoms with Gasteiger partial charge in [0.1, 0.15) is 19.0 Å². The molecule has 2 aromatic carbocycles. The fraction of sp³-hybridized carbons (Fsp3) is 0.316. The van der Waals surface area contributed by atoms with Crippen LogP contribution >= 0.6 is 11.8 Å². The highest BCUT2D eigenvalue weighted by molar-refractivity contribution is 7.99. The number of carbonyl (C=O) groups excluding carboxylic acids is 1. The first kappa shape index (κ1) is 17.6. The summed E-state index contributed by atoms with van der Waals surface area (Å²) in [6.45, 7) is 3.01. The Morgan fingerprint density at radius 3 is 2.76 bits per heavy atom. The van der Waals surface area contributed by atoms with Gasteiger partial charge in [0.05, 0.1) is 11.8 Å². The molecular formula is C19H20FNO3S. The minimum atomic E-state index is -0.236. The SMILES string of the molecule is C[C@H](NC(=O)CSCc1ccccc1F)c1ccc2c(c1)OCCO2. The van der Waals surface area contributed by atoms with Crippen LogP contribution in [0.25, 0.3) is 0 Å². The number of carbonyl (C=O) groups is 1. The van der Waals surface area contributed by atoms with E-state index in [0.717, 1.165) is 11.3 Å². The first-order chi connectivity index (χ1) is 12.1. The topological polar surface area (TPSA) is 47.6 Å².